The molecule has 0 aliphatic carbocycles. The summed E-state index contributed by atoms with van der Waals surface area (Å²) in [4.78, 5) is 25.5. The molecule has 1 aliphatic rings. The first kappa shape index (κ1) is 17.7. The van der Waals surface area contributed by atoms with Gasteiger partial charge in [-0.25, -0.2) is 0 Å². The Morgan fingerprint density at radius 1 is 1.18 bits per heavy atom. The van der Waals surface area contributed by atoms with Crippen LogP contribution < -0.4 is 10.3 Å². The second-order valence-electron chi connectivity index (χ2n) is 6.86. The van der Waals surface area contributed by atoms with E-state index in [2.05, 4.69) is 6.07 Å². The normalized spacial score (nSPS) is 14.4. The Morgan fingerprint density at radius 2 is 1.93 bits per heavy atom. The van der Waals surface area contributed by atoms with E-state index in [0.29, 0.717) is 22.7 Å². The van der Waals surface area contributed by atoms with Crippen molar-refractivity contribution in [3.05, 3.63) is 81.6 Å². The summed E-state index contributed by atoms with van der Waals surface area (Å²) < 4.78 is 7.64. The molecule has 0 saturated heterocycles. The fourth-order valence-corrected chi connectivity index (χ4v) is 3.62. The zero-order valence-corrected chi connectivity index (χ0v) is 15.6. The van der Waals surface area contributed by atoms with E-state index in [9.17, 15) is 14.9 Å². The van der Waals surface area contributed by atoms with Crippen molar-refractivity contribution in [1.29, 1.82) is 5.26 Å². The molecule has 28 heavy (non-hydrogen) atoms. The summed E-state index contributed by atoms with van der Waals surface area (Å²) in [5.41, 5.74) is 3.53. The van der Waals surface area contributed by atoms with E-state index in [1.165, 1.54) is 6.92 Å². The van der Waals surface area contributed by atoms with Gasteiger partial charge in [-0.05, 0) is 44.2 Å². The number of aryl methyl sites for hydroxylation is 1. The molecule has 1 aliphatic heterocycles. The number of nitriles is 1. The SMILES string of the molecule is CC(=O)c1cc2c(n(-c3ccccc3)c1=O)-c1cc(C)ccc1OC2CC#N. The van der Waals surface area contributed by atoms with Crippen LogP contribution in [0.3, 0.4) is 0 Å². The van der Waals surface area contributed by atoms with Gasteiger partial charge in [0.1, 0.15) is 11.9 Å². The van der Waals surface area contributed by atoms with E-state index in [0.717, 1.165) is 11.1 Å². The van der Waals surface area contributed by atoms with Crippen LogP contribution in [0.4, 0.5) is 0 Å². The van der Waals surface area contributed by atoms with Gasteiger partial charge in [-0.1, -0.05) is 29.8 Å². The smallest absolute Gasteiger partial charge is 0.266 e. The lowest BCUT2D eigenvalue weighted by atomic mass is 9.92. The standard InChI is InChI=1S/C23H18N2O3/c1-14-8-9-20-18(12-14)22-19(21(28-20)10-11-24)13-17(15(2)26)23(27)25(22)16-6-4-3-5-7-16/h3-9,12-13,21H,10H2,1-2H3. The molecule has 2 heterocycles. The van der Waals surface area contributed by atoms with Crippen molar-refractivity contribution in [3.63, 3.8) is 0 Å². The number of hydrogen-bond acceptors (Lipinski definition) is 4. The van der Waals surface area contributed by atoms with Crippen LogP contribution in [-0.4, -0.2) is 10.4 Å². The van der Waals surface area contributed by atoms with Crippen molar-refractivity contribution in [3.8, 4) is 28.8 Å². The summed E-state index contributed by atoms with van der Waals surface area (Å²) in [7, 11) is 0. The van der Waals surface area contributed by atoms with Crippen molar-refractivity contribution in [2.45, 2.75) is 26.4 Å². The van der Waals surface area contributed by atoms with Crippen molar-refractivity contribution in [1.82, 2.24) is 4.57 Å². The first-order valence-corrected chi connectivity index (χ1v) is 9.02. The number of carbonyl (C=O) groups excluding carboxylic acids is 1. The maximum absolute atomic E-state index is 13.3. The molecule has 138 valence electrons. The first-order chi connectivity index (χ1) is 13.5. The predicted molar refractivity (Wildman–Crippen MR) is 106 cm³/mol. The molecule has 5 heteroatoms. The van der Waals surface area contributed by atoms with E-state index in [4.69, 9.17) is 4.74 Å². The minimum atomic E-state index is -0.552. The minimum absolute atomic E-state index is 0.0882. The van der Waals surface area contributed by atoms with E-state index in [1.807, 2.05) is 55.5 Å². The molecule has 0 spiro atoms. The highest BCUT2D eigenvalue weighted by atomic mass is 16.5. The van der Waals surface area contributed by atoms with E-state index < -0.39 is 6.10 Å². The van der Waals surface area contributed by atoms with Crippen molar-refractivity contribution in [2.75, 3.05) is 0 Å². The second-order valence-corrected chi connectivity index (χ2v) is 6.86. The Kier molecular flexibility index (Phi) is 4.32. The second kappa shape index (κ2) is 6.82. The topological polar surface area (TPSA) is 72.1 Å². The number of ketones is 1. The number of fused-ring (bicyclic) bond motifs is 3. The van der Waals surface area contributed by atoms with Gasteiger partial charge in [0.15, 0.2) is 5.78 Å². The van der Waals surface area contributed by atoms with Crippen LogP contribution in [0, 0.1) is 18.3 Å². The molecule has 1 unspecified atom stereocenters. The summed E-state index contributed by atoms with van der Waals surface area (Å²) in [6.45, 7) is 3.34. The molecule has 0 saturated carbocycles. The summed E-state index contributed by atoms with van der Waals surface area (Å²) in [5.74, 6) is 0.307. The molecular formula is C23H18N2O3. The zero-order valence-electron chi connectivity index (χ0n) is 15.6. The van der Waals surface area contributed by atoms with Gasteiger partial charge < -0.3 is 4.74 Å². The minimum Gasteiger partial charge on any atom is -0.484 e. The summed E-state index contributed by atoms with van der Waals surface area (Å²) in [6, 6.07) is 18.7. The molecule has 0 fully saturated rings. The molecule has 0 N–H and O–H groups in total. The van der Waals surface area contributed by atoms with Gasteiger partial charge in [-0.3, -0.25) is 14.2 Å². The molecule has 1 aromatic heterocycles. The predicted octanol–water partition coefficient (Wildman–Crippen LogP) is 4.36. The molecule has 5 nitrogen and oxygen atoms in total. The number of nitrogens with zero attached hydrogens (tertiary/aromatic N) is 2. The quantitative estimate of drug-likeness (QED) is 0.642. The number of benzene rings is 2. The van der Waals surface area contributed by atoms with Crippen LogP contribution in [0.15, 0.2) is 59.4 Å². The Balaban J connectivity index is 2.16. The Bertz CT molecular complexity index is 1190. The van der Waals surface area contributed by atoms with Gasteiger partial charge in [0.25, 0.3) is 5.56 Å². The van der Waals surface area contributed by atoms with Crippen molar-refractivity contribution < 1.29 is 9.53 Å². The number of hydrogen-bond donors (Lipinski definition) is 0. The van der Waals surface area contributed by atoms with Crippen LogP contribution in [0.5, 0.6) is 5.75 Å². The number of ether oxygens (including phenoxy) is 1. The summed E-state index contributed by atoms with van der Waals surface area (Å²) in [6.07, 6.45) is -0.436. The lowest BCUT2D eigenvalue weighted by molar-refractivity contribution is 0.101. The van der Waals surface area contributed by atoms with Gasteiger partial charge in [-0.15, -0.1) is 0 Å². The van der Waals surface area contributed by atoms with E-state index in [1.54, 1.807) is 10.6 Å². The van der Waals surface area contributed by atoms with Gasteiger partial charge in [0.05, 0.1) is 23.7 Å². The maximum atomic E-state index is 13.3. The fraction of sp³-hybridized carbons (Fsp3) is 0.174. The molecule has 0 bridgehead atoms. The number of pyridine rings is 1. The lowest BCUT2D eigenvalue weighted by Crippen LogP contribution is -2.30. The molecule has 3 aromatic rings. The molecule has 4 rings (SSSR count). The van der Waals surface area contributed by atoms with Gasteiger partial charge in [-0.2, -0.15) is 5.26 Å². The number of para-hydroxylation sites is 1. The largest absolute Gasteiger partial charge is 0.484 e. The number of aromatic nitrogens is 1. The average molecular weight is 370 g/mol. The van der Waals surface area contributed by atoms with Crippen LogP contribution in [-0.2, 0) is 0 Å². The van der Waals surface area contributed by atoms with Crippen LogP contribution in [0.25, 0.3) is 16.9 Å². The van der Waals surface area contributed by atoms with Crippen LogP contribution in [0.2, 0.25) is 0 Å². The molecule has 2 aromatic carbocycles. The highest BCUT2D eigenvalue weighted by Gasteiger charge is 2.31. The Morgan fingerprint density at radius 3 is 2.61 bits per heavy atom. The van der Waals surface area contributed by atoms with E-state index >= 15 is 0 Å². The molecule has 1 atom stereocenters. The summed E-state index contributed by atoms with van der Waals surface area (Å²) in [5, 5.41) is 9.29. The van der Waals surface area contributed by atoms with Gasteiger partial charge in [0, 0.05) is 16.8 Å². The zero-order chi connectivity index (χ0) is 19.8. The van der Waals surface area contributed by atoms with Crippen molar-refractivity contribution >= 4 is 5.78 Å². The summed E-state index contributed by atoms with van der Waals surface area (Å²) >= 11 is 0. The maximum Gasteiger partial charge on any atom is 0.266 e. The molecular weight excluding hydrogens is 352 g/mol. The monoisotopic (exact) mass is 370 g/mol. The highest BCUT2D eigenvalue weighted by molar-refractivity contribution is 5.95. The van der Waals surface area contributed by atoms with Crippen LogP contribution >= 0.6 is 0 Å². The highest BCUT2D eigenvalue weighted by Crippen LogP contribution is 2.44. The third kappa shape index (κ3) is 2.80. The van der Waals surface area contributed by atoms with Crippen molar-refractivity contribution in [2.24, 2.45) is 0 Å². The number of Topliss-reactive ketones (excluding diaryl/α,β-unsaturated/α-hetero) is 1. The Hall–Kier alpha value is -3.65. The molecule has 0 radical (unpaired) electrons. The van der Waals surface area contributed by atoms with Gasteiger partial charge >= 0.3 is 0 Å². The average Bonchev–Trinajstić information content (AvgIpc) is 2.68. The fourth-order valence-electron chi connectivity index (χ4n) is 3.62. The van der Waals surface area contributed by atoms with Crippen LogP contribution in [0.1, 0.15) is 40.9 Å². The number of rotatable bonds is 3. The number of carbonyl (C=O) groups is 1. The molecule has 0 amide bonds. The van der Waals surface area contributed by atoms with Gasteiger partial charge in [0.2, 0.25) is 0 Å². The first-order valence-electron chi connectivity index (χ1n) is 9.02. The lowest BCUT2D eigenvalue weighted by Gasteiger charge is -2.30. The third-order valence-electron chi connectivity index (χ3n) is 4.91. The Labute approximate surface area is 162 Å². The third-order valence-corrected chi connectivity index (χ3v) is 4.91. The van der Waals surface area contributed by atoms with E-state index in [-0.39, 0.29) is 23.3 Å².